The van der Waals surface area contributed by atoms with Crippen LogP contribution in [0.2, 0.25) is 0 Å². The molecule has 0 aliphatic carbocycles. The largest absolute Gasteiger partial charge is 0.493 e. The Balaban J connectivity index is 1.52. The Morgan fingerprint density at radius 3 is 2.46 bits per heavy atom. The van der Waals surface area contributed by atoms with Crippen LogP contribution in [0.5, 0.6) is 11.5 Å². The summed E-state index contributed by atoms with van der Waals surface area (Å²) < 4.78 is 16.6. The Hall–Kier alpha value is -3.62. The molecule has 3 aromatic carbocycles. The minimum atomic E-state index is -0.442. The van der Waals surface area contributed by atoms with Crippen molar-refractivity contribution >= 4 is 51.9 Å². The smallest absolute Gasteiger partial charge is 0.337 e. The minimum Gasteiger partial charge on any atom is -0.493 e. The van der Waals surface area contributed by atoms with E-state index in [2.05, 4.69) is 0 Å². The lowest BCUT2D eigenvalue weighted by Gasteiger charge is -2.14. The lowest BCUT2D eigenvalue weighted by atomic mass is 10.1. The number of methoxy groups -OCH3 is 2. The van der Waals surface area contributed by atoms with E-state index in [4.69, 9.17) is 26.4 Å². The fourth-order valence-electron chi connectivity index (χ4n) is 3.53. The first-order valence-electron chi connectivity index (χ1n) is 10.7. The van der Waals surface area contributed by atoms with Crippen LogP contribution in [0, 0.1) is 6.92 Å². The lowest BCUT2D eigenvalue weighted by molar-refractivity contribution is -0.113. The second-order valence-corrected chi connectivity index (χ2v) is 9.36. The van der Waals surface area contributed by atoms with Crippen LogP contribution in [0.3, 0.4) is 0 Å². The first kappa shape index (κ1) is 24.5. The molecule has 0 unspecified atom stereocenters. The topological polar surface area (TPSA) is 65.1 Å². The lowest BCUT2D eigenvalue weighted by Crippen LogP contribution is -2.27. The summed E-state index contributed by atoms with van der Waals surface area (Å²) in [6.45, 7) is 2.47. The number of hydrogen-bond donors (Lipinski definition) is 0. The average molecular weight is 506 g/mol. The Morgan fingerprint density at radius 1 is 1.03 bits per heavy atom. The highest BCUT2D eigenvalue weighted by Gasteiger charge is 2.33. The van der Waals surface area contributed by atoms with Gasteiger partial charge in [0.25, 0.3) is 5.91 Å². The Bertz CT molecular complexity index is 1320. The number of hydrogen-bond acceptors (Lipinski definition) is 7. The van der Waals surface area contributed by atoms with Gasteiger partial charge in [-0.15, -0.1) is 0 Å². The van der Waals surface area contributed by atoms with Crippen LogP contribution in [-0.4, -0.2) is 30.4 Å². The third-order valence-electron chi connectivity index (χ3n) is 5.47. The fraction of sp³-hybridized carbons (Fsp3) is 0.148. The summed E-state index contributed by atoms with van der Waals surface area (Å²) in [6, 6.07) is 20.1. The monoisotopic (exact) mass is 505 g/mol. The zero-order valence-corrected chi connectivity index (χ0v) is 21.1. The van der Waals surface area contributed by atoms with E-state index in [1.54, 1.807) is 37.5 Å². The van der Waals surface area contributed by atoms with Crippen molar-refractivity contribution in [1.82, 2.24) is 0 Å². The van der Waals surface area contributed by atoms with Gasteiger partial charge in [-0.3, -0.25) is 9.69 Å². The molecule has 1 fully saturated rings. The van der Waals surface area contributed by atoms with Crippen LogP contribution in [0.15, 0.2) is 71.6 Å². The van der Waals surface area contributed by atoms with Crippen molar-refractivity contribution in [3.63, 3.8) is 0 Å². The van der Waals surface area contributed by atoms with E-state index in [-0.39, 0.29) is 5.91 Å². The van der Waals surface area contributed by atoms with E-state index in [1.165, 1.54) is 23.8 Å². The number of carbonyl (C=O) groups excluding carboxylic acids is 2. The van der Waals surface area contributed by atoms with Crippen molar-refractivity contribution in [3.05, 3.63) is 93.9 Å². The van der Waals surface area contributed by atoms with Crippen LogP contribution in [-0.2, 0) is 16.1 Å². The Labute approximate surface area is 213 Å². The van der Waals surface area contributed by atoms with Crippen molar-refractivity contribution in [2.75, 3.05) is 19.1 Å². The van der Waals surface area contributed by atoms with Gasteiger partial charge in [-0.05, 0) is 66.1 Å². The molecule has 1 aliphatic heterocycles. The zero-order chi connectivity index (χ0) is 24.9. The maximum Gasteiger partial charge on any atom is 0.337 e. The second-order valence-electron chi connectivity index (χ2n) is 7.68. The second kappa shape index (κ2) is 10.8. The Kier molecular flexibility index (Phi) is 7.53. The van der Waals surface area contributed by atoms with E-state index in [1.807, 2.05) is 49.4 Å². The highest BCUT2D eigenvalue weighted by Crippen LogP contribution is 2.37. The quantitative estimate of drug-likeness (QED) is 0.229. The van der Waals surface area contributed by atoms with Crippen molar-refractivity contribution < 1.29 is 23.8 Å². The summed E-state index contributed by atoms with van der Waals surface area (Å²) in [6.07, 6.45) is 1.77. The van der Waals surface area contributed by atoms with Crippen molar-refractivity contribution in [3.8, 4) is 11.5 Å². The van der Waals surface area contributed by atoms with E-state index < -0.39 is 5.97 Å². The molecule has 1 heterocycles. The van der Waals surface area contributed by atoms with E-state index in [0.717, 1.165) is 16.7 Å². The van der Waals surface area contributed by atoms with Gasteiger partial charge in [0.1, 0.15) is 6.61 Å². The molecule has 0 saturated carbocycles. The van der Waals surface area contributed by atoms with Gasteiger partial charge >= 0.3 is 5.97 Å². The Morgan fingerprint density at radius 2 is 1.77 bits per heavy atom. The first-order chi connectivity index (χ1) is 16.9. The molecule has 0 spiro atoms. The van der Waals surface area contributed by atoms with Crippen molar-refractivity contribution in [1.29, 1.82) is 0 Å². The molecule has 0 bridgehead atoms. The number of thioether (sulfide) groups is 1. The predicted molar refractivity (Wildman–Crippen MR) is 142 cm³/mol. The molecule has 1 amide bonds. The average Bonchev–Trinajstić information content (AvgIpc) is 3.15. The number of rotatable bonds is 7. The number of aryl methyl sites for hydroxylation is 1. The van der Waals surface area contributed by atoms with E-state index in [9.17, 15) is 9.59 Å². The highest BCUT2D eigenvalue weighted by molar-refractivity contribution is 8.27. The summed E-state index contributed by atoms with van der Waals surface area (Å²) in [4.78, 5) is 26.7. The molecule has 0 N–H and O–H groups in total. The highest BCUT2D eigenvalue weighted by atomic mass is 32.2. The predicted octanol–water partition coefficient (Wildman–Crippen LogP) is 5.78. The number of carbonyl (C=O) groups is 2. The van der Waals surface area contributed by atoms with Gasteiger partial charge in [-0.1, -0.05) is 54.3 Å². The zero-order valence-electron chi connectivity index (χ0n) is 19.4. The first-order valence-corrected chi connectivity index (χ1v) is 12.0. The molecule has 0 atom stereocenters. The summed E-state index contributed by atoms with van der Waals surface area (Å²) in [5.41, 5.74) is 4.02. The third-order valence-corrected chi connectivity index (χ3v) is 6.77. The molecule has 8 heteroatoms. The molecule has 6 nitrogen and oxygen atoms in total. The summed E-state index contributed by atoms with van der Waals surface area (Å²) in [5, 5.41) is 0. The van der Waals surface area contributed by atoms with E-state index >= 15 is 0 Å². The maximum atomic E-state index is 13.1. The molecule has 1 aliphatic rings. The number of benzene rings is 3. The minimum absolute atomic E-state index is 0.232. The number of amides is 1. The van der Waals surface area contributed by atoms with Crippen LogP contribution < -0.4 is 14.4 Å². The molecule has 35 heavy (non-hydrogen) atoms. The van der Waals surface area contributed by atoms with Crippen molar-refractivity contribution in [2.24, 2.45) is 0 Å². The van der Waals surface area contributed by atoms with Gasteiger partial charge in [0.05, 0.1) is 30.4 Å². The van der Waals surface area contributed by atoms with Gasteiger partial charge in [0.15, 0.2) is 15.8 Å². The normalized spacial score (nSPS) is 14.4. The fourth-order valence-corrected chi connectivity index (χ4v) is 4.83. The van der Waals surface area contributed by atoms with Crippen LogP contribution >= 0.6 is 24.0 Å². The molecule has 0 radical (unpaired) electrons. The molecule has 4 rings (SSSR count). The van der Waals surface area contributed by atoms with Gasteiger partial charge in [-0.25, -0.2) is 4.79 Å². The van der Waals surface area contributed by atoms with E-state index in [0.29, 0.717) is 38.6 Å². The number of nitrogens with zero attached hydrogens (tertiary/aromatic N) is 1. The third kappa shape index (κ3) is 5.39. The standard InChI is InChI=1S/C27H23NO5S2/c1-17-6-4-5-7-20(17)16-33-22-13-8-18(14-23(22)31-2)15-24-25(29)28(27(34)35-24)21-11-9-19(10-12-21)26(30)32-3/h4-15H,16H2,1-3H3/b24-15-. The molecule has 178 valence electrons. The molecular weight excluding hydrogens is 482 g/mol. The van der Waals surface area contributed by atoms with Gasteiger partial charge in [-0.2, -0.15) is 0 Å². The SMILES string of the molecule is COC(=O)c1ccc(N2C(=O)/C(=C/c3ccc(OCc4ccccc4C)c(OC)c3)SC2=S)cc1. The summed E-state index contributed by atoms with van der Waals surface area (Å²) in [5.74, 6) is 0.513. The molecule has 3 aromatic rings. The van der Waals surface area contributed by atoms with Gasteiger partial charge in [0.2, 0.25) is 0 Å². The van der Waals surface area contributed by atoms with Gasteiger partial charge in [0, 0.05) is 0 Å². The number of esters is 1. The molecule has 0 aromatic heterocycles. The number of ether oxygens (including phenoxy) is 3. The molecular formula is C27H23NO5S2. The van der Waals surface area contributed by atoms with Crippen LogP contribution in [0.1, 0.15) is 27.0 Å². The number of thiocarbonyl (C=S) groups is 1. The molecule has 1 saturated heterocycles. The van der Waals surface area contributed by atoms with Gasteiger partial charge < -0.3 is 14.2 Å². The summed E-state index contributed by atoms with van der Waals surface area (Å²) in [7, 11) is 2.90. The van der Waals surface area contributed by atoms with Crippen molar-refractivity contribution in [2.45, 2.75) is 13.5 Å². The number of anilines is 1. The van der Waals surface area contributed by atoms with Crippen LogP contribution in [0.25, 0.3) is 6.08 Å². The summed E-state index contributed by atoms with van der Waals surface area (Å²) >= 11 is 6.67. The van der Waals surface area contributed by atoms with Crippen LogP contribution in [0.4, 0.5) is 5.69 Å². The maximum absolute atomic E-state index is 13.1.